The largest absolute Gasteiger partial charge is 0.372 e. The first-order valence-electron chi connectivity index (χ1n) is 10.8. The number of benzene rings is 1. The Morgan fingerprint density at radius 1 is 1.10 bits per heavy atom. The van der Waals surface area contributed by atoms with Gasteiger partial charge in [0.15, 0.2) is 11.7 Å². The Kier molecular flexibility index (Phi) is 5.85. The fourth-order valence-corrected chi connectivity index (χ4v) is 4.75. The summed E-state index contributed by atoms with van der Waals surface area (Å²) < 4.78 is 0. The predicted molar refractivity (Wildman–Crippen MR) is 112 cm³/mol. The zero-order chi connectivity index (χ0) is 20.4. The van der Waals surface area contributed by atoms with Crippen LogP contribution >= 0.6 is 0 Å². The van der Waals surface area contributed by atoms with E-state index >= 15 is 0 Å². The Morgan fingerprint density at radius 3 is 2.52 bits per heavy atom. The van der Waals surface area contributed by atoms with Crippen LogP contribution in [0.3, 0.4) is 0 Å². The third-order valence-corrected chi connectivity index (χ3v) is 6.50. The number of Topliss-reactive ketones (excluding diaryl/α,β-unsaturated/α-hetero) is 1. The Morgan fingerprint density at radius 2 is 1.83 bits per heavy atom. The summed E-state index contributed by atoms with van der Waals surface area (Å²) in [6, 6.07) is 7.51. The van der Waals surface area contributed by atoms with Crippen molar-refractivity contribution in [3.63, 3.8) is 0 Å². The molecule has 3 saturated heterocycles. The van der Waals surface area contributed by atoms with Crippen LogP contribution in [0.5, 0.6) is 0 Å². The van der Waals surface area contributed by atoms with Crippen molar-refractivity contribution >= 4 is 29.0 Å². The zero-order valence-electron chi connectivity index (χ0n) is 17.0. The highest BCUT2D eigenvalue weighted by molar-refractivity contribution is 6.23. The summed E-state index contributed by atoms with van der Waals surface area (Å²) in [5, 5.41) is 5.68. The number of rotatable bonds is 4. The SMILES string of the molecule is CCN1CCC2NC(=O)C(C(=O)Nc3ccc(N4CCCCC4)cc3)C(=O)C2C1. The number of carbonyl (C=O) groups excluding carboxylic acids is 3. The van der Waals surface area contributed by atoms with Gasteiger partial charge in [0.05, 0.1) is 5.92 Å². The van der Waals surface area contributed by atoms with Crippen molar-refractivity contribution in [1.82, 2.24) is 10.2 Å². The molecule has 3 heterocycles. The molecule has 0 aliphatic carbocycles. The van der Waals surface area contributed by atoms with E-state index in [4.69, 9.17) is 0 Å². The van der Waals surface area contributed by atoms with Crippen LogP contribution in [0.2, 0.25) is 0 Å². The van der Waals surface area contributed by atoms with Crippen molar-refractivity contribution in [2.45, 2.75) is 38.6 Å². The normalized spacial score (nSPS) is 27.9. The Balaban J connectivity index is 1.42. The van der Waals surface area contributed by atoms with Crippen LogP contribution in [0.15, 0.2) is 24.3 Å². The molecule has 7 nitrogen and oxygen atoms in total. The number of amides is 2. The van der Waals surface area contributed by atoms with Crippen molar-refractivity contribution in [3.8, 4) is 0 Å². The molecular weight excluding hydrogens is 368 g/mol. The maximum absolute atomic E-state index is 13.0. The Bertz CT molecular complexity index is 773. The third kappa shape index (κ3) is 4.15. The van der Waals surface area contributed by atoms with Crippen LogP contribution in [0.25, 0.3) is 0 Å². The molecule has 0 bridgehead atoms. The maximum Gasteiger partial charge on any atom is 0.244 e. The van der Waals surface area contributed by atoms with Crippen LogP contribution in [0, 0.1) is 11.8 Å². The van der Waals surface area contributed by atoms with Crippen LogP contribution in [0.4, 0.5) is 11.4 Å². The zero-order valence-corrected chi connectivity index (χ0v) is 17.0. The molecular formula is C22H30N4O3. The first-order valence-corrected chi connectivity index (χ1v) is 10.8. The van der Waals surface area contributed by atoms with Crippen LogP contribution in [-0.4, -0.2) is 61.3 Å². The first kappa shape index (κ1) is 19.9. The number of piperidine rings is 3. The lowest BCUT2D eigenvalue weighted by Crippen LogP contribution is -2.63. The van der Waals surface area contributed by atoms with Gasteiger partial charge < -0.3 is 20.4 Å². The van der Waals surface area contributed by atoms with Crippen molar-refractivity contribution in [3.05, 3.63) is 24.3 Å². The Labute approximate surface area is 171 Å². The standard InChI is InChI=1S/C22H30N4O3/c1-2-25-13-10-18-17(14-25)20(27)19(22(29)24-18)21(28)23-15-6-8-16(9-7-15)26-11-4-3-5-12-26/h6-9,17-19H,2-5,10-14H2,1H3,(H,23,28)(H,24,29). The van der Waals surface area contributed by atoms with E-state index in [1.165, 1.54) is 19.3 Å². The third-order valence-electron chi connectivity index (χ3n) is 6.50. The lowest BCUT2D eigenvalue weighted by Gasteiger charge is -2.41. The molecule has 3 unspecified atom stereocenters. The molecule has 3 fully saturated rings. The Hall–Kier alpha value is -2.41. The van der Waals surface area contributed by atoms with E-state index in [1.54, 1.807) is 0 Å². The van der Waals surface area contributed by atoms with E-state index < -0.39 is 17.7 Å². The van der Waals surface area contributed by atoms with Crippen LogP contribution < -0.4 is 15.5 Å². The molecule has 1 aromatic carbocycles. The lowest BCUT2D eigenvalue weighted by atomic mass is 9.78. The minimum absolute atomic E-state index is 0.148. The molecule has 0 radical (unpaired) electrons. The van der Waals surface area contributed by atoms with Crippen molar-refractivity contribution in [1.29, 1.82) is 0 Å². The van der Waals surface area contributed by atoms with Crippen LogP contribution in [-0.2, 0) is 14.4 Å². The number of fused-ring (bicyclic) bond motifs is 1. The molecule has 3 aliphatic heterocycles. The number of hydrogen-bond donors (Lipinski definition) is 2. The summed E-state index contributed by atoms with van der Waals surface area (Å²) in [5.74, 6) is -2.83. The highest BCUT2D eigenvalue weighted by Gasteiger charge is 2.48. The molecule has 156 valence electrons. The van der Waals surface area contributed by atoms with Crippen molar-refractivity contribution in [2.24, 2.45) is 11.8 Å². The summed E-state index contributed by atoms with van der Waals surface area (Å²) in [6.45, 7) is 6.51. The van der Waals surface area contributed by atoms with Gasteiger partial charge in [0.1, 0.15) is 0 Å². The second-order valence-electron chi connectivity index (χ2n) is 8.32. The van der Waals surface area contributed by atoms with Gasteiger partial charge in [0, 0.05) is 43.6 Å². The number of carbonyl (C=O) groups is 3. The van der Waals surface area contributed by atoms with Gasteiger partial charge in [-0.1, -0.05) is 6.92 Å². The van der Waals surface area contributed by atoms with Crippen molar-refractivity contribution < 1.29 is 14.4 Å². The quantitative estimate of drug-likeness (QED) is 0.754. The molecule has 3 atom stereocenters. The van der Waals surface area contributed by atoms with Crippen LogP contribution in [0.1, 0.15) is 32.6 Å². The van der Waals surface area contributed by atoms with E-state index in [9.17, 15) is 14.4 Å². The molecule has 29 heavy (non-hydrogen) atoms. The highest BCUT2D eigenvalue weighted by atomic mass is 16.2. The summed E-state index contributed by atoms with van der Waals surface area (Å²) in [5.41, 5.74) is 1.75. The van der Waals surface area contributed by atoms with E-state index in [0.717, 1.165) is 38.3 Å². The molecule has 4 rings (SSSR count). The number of hydrogen-bond acceptors (Lipinski definition) is 5. The van der Waals surface area contributed by atoms with E-state index in [0.29, 0.717) is 12.2 Å². The fourth-order valence-electron chi connectivity index (χ4n) is 4.75. The topological polar surface area (TPSA) is 81.8 Å². The average Bonchev–Trinajstić information content (AvgIpc) is 2.75. The van der Waals surface area contributed by atoms with Gasteiger partial charge in [-0.2, -0.15) is 0 Å². The fraction of sp³-hybridized carbons (Fsp3) is 0.591. The predicted octanol–water partition coefficient (Wildman–Crippen LogP) is 1.64. The molecule has 0 saturated carbocycles. The molecule has 7 heteroatoms. The van der Waals surface area contributed by atoms with Gasteiger partial charge >= 0.3 is 0 Å². The molecule has 3 aliphatic rings. The smallest absolute Gasteiger partial charge is 0.244 e. The minimum Gasteiger partial charge on any atom is -0.372 e. The maximum atomic E-state index is 13.0. The van der Waals surface area contributed by atoms with Gasteiger partial charge in [-0.25, -0.2) is 0 Å². The van der Waals surface area contributed by atoms with Crippen molar-refractivity contribution in [2.75, 3.05) is 42.9 Å². The number of ketones is 1. The minimum atomic E-state index is -1.27. The van der Waals surface area contributed by atoms with Gasteiger partial charge in [-0.15, -0.1) is 0 Å². The molecule has 2 N–H and O–H groups in total. The summed E-state index contributed by atoms with van der Waals surface area (Å²) in [6.07, 6.45) is 4.44. The molecule has 0 spiro atoms. The van der Waals surface area contributed by atoms with Gasteiger partial charge in [-0.3, -0.25) is 14.4 Å². The van der Waals surface area contributed by atoms with E-state index in [1.807, 2.05) is 24.3 Å². The average molecular weight is 399 g/mol. The molecule has 2 amide bonds. The van der Waals surface area contributed by atoms with Gasteiger partial charge in [-0.05, 0) is 56.5 Å². The number of nitrogens with zero attached hydrogens (tertiary/aromatic N) is 2. The monoisotopic (exact) mass is 398 g/mol. The highest BCUT2D eigenvalue weighted by Crippen LogP contribution is 2.27. The van der Waals surface area contributed by atoms with Gasteiger partial charge in [0.25, 0.3) is 0 Å². The lowest BCUT2D eigenvalue weighted by molar-refractivity contribution is -0.147. The molecule has 1 aromatic rings. The number of anilines is 2. The second-order valence-corrected chi connectivity index (χ2v) is 8.32. The first-order chi connectivity index (χ1) is 14.1. The number of likely N-dealkylation sites (tertiary alicyclic amines) is 1. The van der Waals surface area contributed by atoms with Gasteiger partial charge in [0.2, 0.25) is 11.8 Å². The van der Waals surface area contributed by atoms with E-state index in [-0.39, 0.29) is 17.7 Å². The number of nitrogens with one attached hydrogen (secondary N) is 2. The second kappa shape index (κ2) is 8.53. The summed E-state index contributed by atoms with van der Waals surface area (Å²) >= 11 is 0. The summed E-state index contributed by atoms with van der Waals surface area (Å²) in [7, 11) is 0. The summed E-state index contributed by atoms with van der Waals surface area (Å²) in [4.78, 5) is 42.8. The molecule has 0 aromatic heterocycles. The van der Waals surface area contributed by atoms with E-state index in [2.05, 4.69) is 27.4 Å².